The van der Waals surface area contributed by atoms with Crippen molar-refractivity contribution in [3.05, 3.63) is 29.8 Å². The number of hydrogen-bond donors (Lipinski definition) is 1. The minimum Gasteiger partial charge on any atom is -0.387 e. The van der Waals surface area contributed by atoms with Crippen molar-refractivity contribution in [1.82, 2.24) is 0 Å². The van der Waals surface area contributed by atoms with Crippen LogP contribution in [0.1, 0.15) is 5.56 Å². The topological polar surface area (TPSA) is 128 Å². The van der Waals surface area contributed by atoms with Crippen LogP contribution in [0.5, 0.6) is 0 Å². The molecule has 0 aliphatic heterocycles. The SMILES string of the molecule is COC(F)(F)C(F)(F)OC(F)(F)C(F)(F)OC(F)(F)CO.COC(F)(F)C(F)(F)OC(F)(F)C(F)(F)OC(F)(F)COCCCl.Cc1ccc(S(=O)(=O)OCCCl)cc1. The number of benzene rings is 1. The van der Waals surface area contributed by atoms with Gasteiger partial charge in [0.1, 0.15) is 13.2 Å². The Kier molecular flexibility index (Phi) is 21.9. The van der Waals surface area contributed by atoms with Crippen molar-refractivity contribution in [2.45, 2.75) is 72.9 Å². The molecule has 0 aliphatic rings. The van der Waals surface area contributed by atoms with Gasteiger partial charge in [-0.25, -0.2) is 18.9 Å². The molecule has 11 nitrogen and oxygen atoms in total. The summed E-state index contributed by atoms with van der Waals surface area (Å²) in [4.78, 5) is 0.160. The van der Waals surface area contributed by atoms with Crippen molar-refractivity contribution in [2.75, 3.05) is 52.4 Å². The number of rotatable bonds is 23. The molecule has 0 aromatic heterocycles. The van der Waals surface area contributed by atoms with Crippen LogP contribution in [0.25, 0.3) is 0 Å². The highest BCUT2D eigenvalue weighted by molar-refractivity contribution is 7.86. The van der Waals surface area contributed by atoms with Crippen LogP contribution in [0.15, 0.2) is 29.2 Å². The van der Waals surface area contributed by atoms with Gasteiger partial charge >= 0.3 is 61.1 Å². The Bertz CT molecular complexity index is 1510. The minimum atomic E-state index is -6.61. The average molecular weight is 985 g/mol. The number of methoxy groups -OCH3 is 2. The second-order valence-electron chi connectivity index (χ2n) is 9.90. The molecule has 0 amide bonds. The van der Waals surface area contributed by atoms with Gasteiger partial charge in [0.15, 0.2) is 0 Å². The fourth-order valence-corrected chi connectivity index (χ4v) is 3.70. The summed E-state index contributed by atoms with van der Waals surface area (Å²) in [5, 5.41) is 7.84. The predicted octanol–water partition coefficient (Wildman–Crippen LogP) is 8.45. The number of alkyl halides is 22. The van der Waals surface area contributed by atoms with Crippen LogP contribution in [0.2, 0.25) is 0 Å². The third-order valence-corrected chi connectivity index (χ3v) is 6.87. The van der Waals surface area contributed by atoms with Gasteiger partial charge in [0, 0.05) is 26.0 Å². The van der Waals surface area contributed by atoms with Crippen molar-refractivity contribution < 1.29 is 139 Å². The van der Waals surface area contributed by atoms with Gasteiger partial charge in [-0.1, -0.05) is 17.7 Å². The molecule has 0 fully saturated rings. The molecule has 0 saturated carbocycles. The first-order chi connectivity index (χ1) is 26.1. The summed E-state index contributed by atoms with van der Waals surface area (Å²) in [5.74, 6) is -0.213. The fraction of sp³-hybridized carbons (Fsp3) is 0.760. The van der Waals surface area contributed by atoms with Crippen LogP contribution in [0, 0.1) is 6.92 Å². The Labute approximate surface area is 327 Å². The first-order valence-corrected chi connectivity index (χ1v) is 16.6. The molecule has 1 aromatic rings. The highest BCUT2D eigenvalue weighted by atomic mass is 35.5. The van der Waals surface area contributed by atoms with E-state index in [0.717, 1.165) is 5.56 Å². The van der Waals surface area contributed by atoms with Crippen LogP contribution in [0.4, 0.5) is 87.8 Å². The number of hydrogen-bond acceptors (Lipinski definition) is 11. The maximum Gasteiger partial charge on any atom is 0.453 e. The fourth-order valence-electron chi connectivity index (χ4n) is 2.51. The van der Waals surface area contributed by atoms with E-state index < -0.39 is 91.0 Å². The molecular formula is C25H26Cl2F20O11S. The quantitative estimate of drug-likeness (QED) is 0.0491. The largest absolute Gasteiger partial charge is 0.453 e. The van der Waals surface area contributed by atoms with E-state index in [0.29, 0.717) is 0 Å². The summed E-state index contributed by atoms with van der Waals surface area (Å²) in [6, 6.07) is 6.46. The number of aliphatic hydroxyl groups excluding tert-OH is 1. The van der Waals surface area contributed by atoms with E-state index in [9.17, 15) is 96.2 Å². The van der Waals surface area contributed by atoms with E-state index in [-0.39, 0.29) is 37.5 Å². The van der Waals surface area contributed by atoms with Crippen LogP contribution < -0.4 is 0 Å². The molecule has 352 valence electrons. The minimum absolute atomic E-state index is 0.00222. The number of halogens is 22. The summed E-state index contributed by atoms with van der Waals surface area (Å²) in [6.45, 7) is -3.26. The predicted molar refractivity (Wildman–Crippen MR) is 151 cm³/mol. The smallest absolute Gasteiger partial charge is 0.387 e. The van der Waals surface area contributed by atoms with Crippen molar-refractivity contribution in [3.63, 3.8) is 0 Å². The standard InChI is InChI=1S/C9H9ClF10O4.C9H11ClO3S.C7H6F10O4/c1-21-6(13,14)7(15,16)24-9(19,20)8(17,18)23-5(11,12)4-22-3-2-10;1-8-2-4-9(5-3-8)14(11,12)13-7-6-10;1-19-4(10,11)5(12,13)21-7(16,17)6(14,15)20-3(8,9)2-18/h2-4H2,1H3;2-5H,6-7H2,1H3;18H,2H2,1H3. The first kappa shape index (κ1) is 59.1. The lowest BCUT2D eigenvalue weighted by Gasteiger charge is -2.32. The summed E-state index contributed by atoms with van der Waals surface area (Å²) in [6.07, 6.45) is -60.7. The number of aryl methyl sites for hydroxylation is 1. The van der Waals surface area contributed by atoms with Crippen molar-refractivity contribution in [3.8, 4) is 0 Å². The van der Waals surface area contributed by atoms with Gasteiger partial charge in [-0.05, 0) is 19.1 Å². The van der Waals surface area contributed by atoms with Crippen molar-refractivity contribution in [2.24, 2.45) is 0 Å². The van der Waals surface area contributed by atoms with E-state index in [4.69, 9.17) is 28.3 Å². The van der Waals surface area contributed by atoms with Crippen LogP contribution in [-0.4, -0.2) is 127 Å². The zero-order chi connectivity index (χ0) is 47.4. The third kappa shape index (κ3) is 18.5. The molecule has 0 spiro atoms. The molecule has 1 N–H and O–H groups in total. The Morgan fingerprint density at radius 1 is 0.525 bits per heavy atom. The Morgan fingerprint density at radius 2 is 0.847 bits per heavy atom. The molecule has 0 saturated heterocycles. The van der Waals surface area contributed by atoms with E-state index in [2.05, 4.69) is 27.9 Å². The average Bonchev–Trinajstić information content (AvgIpc) is 3.06. The molecule has 1 rings (SSSR count). The summed E-state index contributed by atoms with van der Waals surface area (Å²) in [5.41, 5.74) is 1.00. The number of aliphatic hydroxyl groups is 1. The van der Waals surface area contributed by atoms with Gasteiger partial charge in [0.05, 0.1) is 18.1 Å². The molecule has 0 heterocycles. The normalized spacial score (nSPS) is 14.3. The maximum absolute atomic E-state index is 13.0. The summed E-state index contributed by atoms with van der Waals surface area (Å²) in [7, 11) is -3.79. The highest BCUT2D eigenvalue weighted by Crippen LogP contribution is 2.48. The van der Waals surface area contributed by atoms with E-state index in [1.165, 1.54) is 12.1 Å². The van der Waals surface area contributed by atoms with Gasteiger partial charge in [-0.3, -0.25) is 4.18 Å². The van der Waals surface area contributed by atoms with Crippen LogP contribution in [0.3, 0.4) is 0 Å². The lowest BCUT2D eigenvalue weighted by atomic mass is 10.2. The molecule has 0 unspecified atom stereocenters. The monoisotopic (exact) mass is 984 g/mol. The van der Waals surface area contributed by atoms with E-state index >= 15 is 0 Å². The molecular weight excluding hydrogens is 959 g/mol. The Balaban J connectivity index is 0. The molecule has 0 bridgehead atoms. The summed E-state index contributed by atoms with van der Waals surface area (Å²) >= 11 is 10.3. The zero-order valence-corrected chi connectivity index (χ0v) is 31.1. The van der Waals surface area contributed by atoms with Crippen molar-refractivity contribution >= 4 is 33.3 Å². The van der Waals surface area contributed by atoms with Gasteiger partial charge in [-0.2, -0.15) is 96.2 Å². The Morgan fingerprint density at radius 3 is 1.17 bits per heavy atom. The second kappa shape index (κ2) is 21.9. The lowest BCUT2D eigenvalue weighted by molar-refractivity contribution is -0.544. The molecule has 0 atom stereocenters. The van der Waals surface area contributed by atoms with Gasteiger partial charge in [0.2, 0.25) is 0 Å². The van der Waals surface area contributed by atoms with E-state index in [1.54, 1.807) is 12.1 Å². The molecule has 0 radical (unpaired) electrons. The second-order valence-corrected chi connectivity index (χ2v) is 12.3. The molecule has 1 aromatic carbocycles. The van der Waals surface area contributed by atoms with Gasteiger partial charge in [-0.15, -0.1) is 23.2 Å². The lowest BCUT2D eigenvalue weighted by Crippen LogP contribution is -2.56. The van der Waals surface area contributed by atoms with Crippen LogP contribution >= 0.6 is 23.2 Å². The molecule has 59 heavy (non-hydrogen) atoms. The van der Waals surface area contributed by atoms with E-state index in [1.807, 2.05) is 16.4 Å². The van der Waals surface area contributed by atoms with Gasteiger partial charge in [0.25, 0.3) is 10.1 Å². The van der Waals surface area contributed by atoms with Crippen LogP contribution in [-0.2, 0) is 47.5 Å². The zero-order valence-electron chi connectivity index (χ0n) is 28.8. The Hall–Kier alpha value is -2.01. The highest BCUT2D eigenvalue weighted by Gasteiger charge is 2.74. The first-order valence-electron chi connectivity index (χ1n) is 14.1. The van der Waals surface area contributed by atoms with Crippen molar-refractivity contribution in [1.29, 1.82) is 0 Å². The number of ether oxygens (including phenoxy) is 7. The third-order valence-electron chi connectivity index (χ3n) is 5.24. The molecule has 34 heteroatoms. The maximum atomic E-state index is 13.0. The van der Waals surface area contributed by atoms with Gasteiger partial charge < -0.3 is 19.3 Å². The molecule has 0 aliphatic carbocycles. The summed E-state index contributed by atoms with van der Waals surface area (Å²) < 4.78 is 298.